The minimum atomic E-state index is -1.17. The molecule has 0 spiro atoms. The number of carbonyl (C=O) groups excluding carboxylic acids is 3. The summed E-state index contributed by atoms with van der Waals surface area (Å²) in [5, 5.41) is 11.7. The average Bonchev–Trinajstić information content (AvgIpc) is 2.77. The van der Waals surface area contributed by atoms with Crippen LogP contribution in [-0.2, 0) is 28.6 Å². The molecule has 0 bridgehead atoms. The van der Waals surface area contributed by atoms with Gasteiger partial charge in [-0.25, -0.2) is 4.79 Å². The van der Waals surface area contributed by atoms with E-state index in [0.29, 0.717) is 19.3 Å². The Hall–Kier alpha value is -1.73. The van der Waals surface area contributed by atoms with Crippen molar-refractivity contribution in [2.24, 2.45) is 28.6 Å². The maximum atomic E-state index is 13.6. The third-order valence-corrected chi connectivity index (χ3v) is 9.89. The van der Waals surface area contributed by atoms with Crippen molar-refractivity contribution in [3.63, 3.8) is 0 Å². The summed E-state index contributed by atoms with van der Waals surface area (Å²) in [6, 6.07) is 0. The maximum Gasteiger partial charge on any atom is 0.338 e. The molecule has 0 aliphatic heterocycles. The first kappa shape index (κ1) is 27.3. The van der Waals surface area contributed by atoms with Crippen molar-refractivity contribution in [3.8, 4) is 0 Å². The van der Waals surface area contributed by atoms with Gasteiger partial charge in [-0.2, -0.15) is 0 Å². The smallest absolute Gasteiger partial charge is 0.338 e. The van der Waals surface area contributed by atoms with E-state index < -0.39 is 34.7 Å². The molecule has 4 aliphatic rings. The zero-order valence-corrected chi connectivity index (χ0v) is 22.9. The lowest BCUT2D eigenvalue weighted by molar-refractivity contribution is -0.239. The monoisotopic (exact) mass is 504 g/mol. The Morgan fingerprint density at radius 3 is 2.53 bits per heavy atom. The predicted octanol–water partition coefficient (Wildman–Crippen LogP) is 4.54. The first-order chi connectivity index (χ1) is 16.8. The molecule has 1 N–H and O–H groups in total. The molecule has 7 heteroatoms. The number of ether oxygens (including phenoxy) is 3. The zero-order valence-electron chi connectivity index (χ0n) is 22.9. The van der Waals surface area contributed by atoms with Crippen LogP contribution in [0.3, 0.4) is 0 Å². The fourth-order valence-electron chi connectivity index (χ4n) is 8.38. The topological polar surface area (TPSA) is 99.1 Å². The lowest BCUT2D eigenvalue weighted by atomic mass is 9.41. The van der Waals surface area contributed by atoms with E-state index in [1.165, 1.54) is 5.57 Å². The number of rotatable bonds is 5. The van der Waals surface area contributed by atoms with Gasteiger partial charge in [0.05, 0.1) is 12.5 Å². The number of esters is 2. The average molecular weight is 505 g/mol. The summed E-state index contributed by atoms with van der Waals surface area (Å²) < 4.78 is 17.1. The number of allylic oxidation sites excluding steroid dienone is 2. The second-order valence-electron chi connectivity index (χ2n) is 13.0. The number of aliphatic hydroxyl groups is 1. The molecule has 0 aromatic rings. The van der Waals surface area contributed by atoms with Gasteiger partial charge >= 0.3 is 11.9 Å². The Balaban J connectivity index is 1.56. The van der Waals surface area contributed by atoms with Crippen LogP contribution in [0.25, 0.3) is 0 Å². The minimum Gasteiger partial charge on any atom is -0.463 e. The van der Waals surface area contributed by atoms with Crippen molar-refractivity contribution < 1.29 is 33.7 Å². The van der Waals surface area contributed by atoms with E-state index in [9.17, 15) is 19.5 Å². The number of hydrogen-bond acceptors (Lipinski definition) is 7. The second-order valence-corrected chi connectivity index (χ2v) is 13.0. The Morgan fingerprint density at radius 2 is 1.86 bits per heavy atom. The summed E-state index contributed by atoms with van der Waals surface area (Å²) in [7, 11) is 1.57. The molecule has 0 saturated heterocycles. The van der Waals surface area contributed by atoms with Crippen molar-refractivity contribution in [1.29, 1.82) is 0 Å². The minimum absolute atomic E-state index is 0.0115. The van der Waals surface area contributed by atoms with Crippen LogP contribution in [0.15, 0.2) is 11.6 Å². The lowest BCUT2D eigenvalue weighted by Crippen LogP contribution is -2.67. The Bertz CT molecular complexity index is 932. The van der Waals surface area contributed by atoms with E-state index in [0.717, 1.165) is 32.1 Å². The molecule has 0 radical (unpaired) electrons. The summed E-state index contributed by atoms with van der Waals surface area (Å²) >= 11 is 0. The maximum absolute atomic E-state index is 13.6. The highest BCUT2D eigenvalue weighted by atomic mass is 16.6. The number of ketones is 1. The Morgan fingerprint density at radius 1 is 1.14 bits per heavy atom. The van der Waals surface area contributed by atoms with Gasteiger partial charge < -0.3 is 19.3 Å². The van der Waals surface area contributed by atoms with Gasteiger partial charge in [0.2, 0.25) is 0 Å². The van der Waals surface area contributed by atoms with Crippen LogP contribution in [0.2, 0.25) is 0 Å². The Labute approximate surface area is 215 Å². The van der Waals surface area contributed by atoms with Crippen LogP contribution in [0.4, 0.5) is 0 Å². The largest absolute Gasteiger partial charge is 0.463 e. The number of methoxy groups -OCH3 is 1. The highest BCUT2D eigenvalue weighted by molar-refractivity contribution is 5.91. The molecule has 4 rings (SSSR count). The molecule has 7 nitrogen and oxygen atoms in total. The van der Waals surface area contributed by atoms with Crippen LogP contribution in [-0.4, -0.2) is 53.9 Å². The molecular weight excluding hydrogens is 460 g/mol. The molecular formula is C29H44O7. The van der Waals surface area contributed by atoms with Gasteiger partial charge in [0.1, 0.15) is 12.2 Å². The van der Waals surface area contributed by atoms with Gasteiger partial charge in [-0.15, -0.1) is 0 Å². The van der Waals surface area contributed by atoms with E-state index in [2.05, 4.69) is 13.8 Å². The van der Waals surface area contributed by atoms with Crippen LogP contribution in [0.1, 0.15) is 92.4 Å². The fraction of sp³-hybridized carbons (Fsp3) is 0.828. The standard InChI is InChI=1S/C29H44O7/c1-26(2,3)36-23(32)12-15-35-25(33)29(34-6)13-7-8-21-20-10-9-18-16-19(30)11-14-27(18,4)24(20)22(31)17-28(21,29)5/h16,20-22,24,31H,7-15,17H2,1-6H3/t20?,21?,22?,24?,27?,28?,29-/m1/s1. The van der Waals surface area contributed by atoms with Crippen molar-refractivity contribution in [1.82, 2.24) is 0 Å². The van der Waals surface area contributed by atoms with Gasteiger partial charge in [0.15, 0.2) is 11.4 Å². The highest BCUT2D eigenvalue weighted by Crippen LogP contribution is 2.67. The quantitative estimate of drug-likeness (QED) is 0.549. The molecule has 4 aliphatic carbocycles. The first-order valence-corrected chi connectivity index (χ1v) is 13.6. The molecule has 3 fully saturated rings. The van der Waals surface area contributed by atoms with Crippen LogP contribution < -0.4 is 0 Å². The molecule has 0 heterocycles. The second kappa shape index (κ2) is 9.54. The van der Waals surface area contributed by atoms with Gasteiger partial charge in [-0.3, -0.25) is 9.59 Å². The molecule has 36 heavy (non-hydrogen) atoms. The number of hydrogen-bond donors (Lipinski definition) is 1. The van der Waals surface area contributed by atoms with Crippen molar-refractivity contribution in [3.05, 3.63) is 11.6 Å². The van der Waals surface area contributed by atoms with Gasteiger partial charge in [0.25, 0.3) is 0 Å². The number of aliphatic hydroxyl groups excluding tert-OH is 1. The molecule has 3 saturated carbocycles. The van der Waals surface area contributed by atoms with Gasteiger partial charge in [0, 0.05) is 18.9 Å². The normalized spacial score (nSPS) is 40.3. The van der Waals surface area contributed by atoms with Gasteiger partial charge in [-0.1, -0.05) is 19.4 Å². The number of carbonyl (C=O) groups is 3. The van der Waals surface area contributed by atoms with E-state index >= 15 is 0 Å². The van der Waals surface area contributed by atoms with Crippen molar-refractivity contribution in [2.45, 2.75) is 110 Å². The van der Waals surface area contributed by atoms with E-state index in [1.54, 1.807) is 27.9 Å². The van der Waals surface area contributed by atoms with Crippen LogP contribution in [0, 0.1) is 28.6 Å². The van der Waals surface area contributed by atoms with Crippen LogP contribution >= 0.6 is 0 Å². The first-order valence-electron chi connectivity index (χ1n) is 13.6. The highest BCUT2D eigenvalue weighted by Gasteiger charge is 2.68. The molecule has 7 atom stereocenters. The summed E-state index contributed by atoms with van der Waals surface area (Å²) in [5.74, 6) is -0.138. The molecule has 202 valence electrons. The summed E-state index contributed by atoms with van der Waals surface area (Å²) in [4.78, 5) is 37.9. The van der Waals surface area contributed by atoms with Gasteiger partial charge in [-0.05, 0) is 95.0 Å². The molecule has 0 amide bonds. The third-order valence-electron chi connectivity index (χ3n) is 9.89. The SMILES string of the molecule is CO[C@@]1(C(=O)OCCC(=O)OC(C)(C)C)CCCC2C3CCC4=CC(=O)CCC4(C)C3C(O)CC21C. The summed E-state index contributed by atoms with van der Waals surface area (Å²) in [6.45, 7) is 9.66. The summed E-state index contributed by atoms with van der Waals surface area (Å²) in [5.41, 5.74) is -1.34. The summed E-state index contributed by atoms with van der Waals surface area (Å²) in [6.07, 6.45) is 7.11. The van der Waals surface area contributed by atoms with Crippen molar-refractivity contribution >= 4 is 17.7 Å². The zero-order chi connectivity index (χ0) is 26.5. The predicted molar refractivity (Wildman–Crippen MR) is 134 cm³/mol. The molecule has 6 unspecified atom stereocenters. The lowest BCUT2D eigenvalue weighted by Gasteiger charge is -2.65. The van der Waals surface area contributed by atoms with Crippen molar-refractivity contribution in [2.75, 3.05) is 13.7 Å². The van der Waals surface area contributed by atoms with E-state index in [-0.39, 0.29) is 42.0 Å². The Kier molecular flexibility index (Phi) is 7.24. The van der Waals surface area contributed by atoms with E-state index in [4.69, 9.17) is 14.2 Å². The van der Waals surface area contributed by atoms with Crippen LogP contribution in [0.5, 0.6) is 0 Å². The third kappa shape index (κ3) is 4.44. The molecule has 0 aromatic carbocycles. The fourth-order valence-corrected chi connectivity index (χ4v) is 8.38. The molecule has 0 aromatic heterocycles. The van der Waals surface area contributed by atoms with E-state index in [1.807, 2.05) is 6.08 Å². The number of fused-ring (bicyclic) bond motifs is 5.